The summed E-state index contributed by atoms with van der Waals surface area (Å²) in [6, 6.07) is 1.41. The molecule has 0 radical (unpaired) electrons. The number of anilines is 2. The molecule has 0 aliphatic heterocycles. The topological polar surface area (TPSA) is 91.2 Å². The summed E-state index contributed by atoms with van der Waals surface area (Å²) in [4.78, 5) is 14.7. The molecule has 0 saturated carbocycles. The molecular formula is C7H9N3O2. The molecule has 1 aromatic rings. The normalized spacial score (nSPS) is 9.42. The lowest BCUT2D eigenvalue weighted by atomic mass is 10.2. The molecule has 0 aliphatic carbocycles. The van der Waals surface area contributed by atoms with Gasteiger partial charge in [0.1, 0.15) is 11.4 Å². The van der Waals surface area contributed by atoms with Crippen LogP contribution in [0.3, 0.4) is 0 Å². The standard InChI is InChI=1S/C7H9N3O2/c1-12-7(11)4-3-10-6(9)2-5(4)8/h2-3H,1H3,(H4,8,9,10). The summed E-state index contributed by atoms with van der Waals surface area (Å²) in [6.07, 6.45) is 1.29. The highest BCUT2D eigenvalue weighted by Crippen LogP contribution is 2.13. The summed E-state index contributed by atoms with van der Waals surface area (Å²) >= 11 is 0. The lowest BCUT2D eigenvalue weighted by molar-refractivity contribution is 0.0601. The lowest BCUT2D eigenvalue weighted by Gasteiger charge is -2.02. The largest absolute Gasteiger partial charge is 0.465 e. The number of carbonyl (C=O) groups excluding carboxylic acids is 1. The number of carbonyl (C=O) groups is 1. The predicted octanol–water partition coefficient (Wildman–Crippen LogP) is 0.0326. The molecule has 12 heavy (non-hydrogen) atoms. The maximum Gasteiger partial charge on any atom is 0.341 e. The Hall–Kier alpha value is -1.78. The average molecular weight is 167 g/mol. The monoisotopic (exact) mass is 167 g/mol. The number of esters is 1. The third-order valence-corrected chi connectivity index (χ3v) is 1.36. The van der Waals surface area contributed by atoms with Crippen LogP contribution in [0.4, 0.5) is 11.5 Å². The van der Waals surface area contributed by atoms with E-state index in [0.29, 0.717) is 0 Å². The number of nitrogen functional groups attached to an aromatic ring is 2. The van der Waals surface area contributed by atoms with Gasteiger partial charge in [-0.25, -0.2) is 9.78 Å². The van der Waals surface area contributed by atoms with E-state index in [1.165, 1.54) is 19.4 Å². The van der Waals surface area contributed by atoms with E-state index in [4.69, 9.17) is 11.5 Å². The van der Waals surface area contributed by atoms with Crippen molar-refractivity contribution < 1.29 is 9.53 Å². The fourth-order valence-electron chi connectivity index (χ4n) is 0.768. The number of pyridine rings is 1. The Balaban J connectivity index is 3.09. The zero-order valence-electron chi connectivity index (χ0n) is 6.57. The number of methoxy groups -OCH3 is 1. The third-order valence-electron chi connectivity index (χ3n) is 1.36. The minimum Gasteiger partial charge on any atom is -0.465 e. The van der Waals surface area contributed by atoms with Crippen LogP contribution in [-0.2, 0) is 4.74 Å². The average Bonchev–Trinajstić information content (AvgIpc) is 2.03. The lowest BCUT2D eigenvalue weighted by Crippen LogP contribution is -2.07. The van der Waals surface area contributed by atoms with Crippen LogP contribution in [-0.4, -0.2) is 18.1 Å². The number of nitrogens with zero attached hydrogens (tertiary/aromatic N) is 1. The molecule has 0 saturated heterocycles. The molecule has 4 N–H and O–H groups in total. The fourth-order valence-corrected chi connectivity index (χ4v) is 0.768. The van der Waals surface area contributed by atoms with Crippen LogP contribution in [0.25, 0.3) is 0 Å². The zero-order chi connectivity index (χ0) is 9.14. The van der Waals surface area contributed by atoms with Crippen molar-refractivity contribution in [1.29, 1.82) is 0 Å². The maximum atomic E-state index is 11.0. The summed E-state index contributed by atoms with van der Waals surface area (Å²) in [5.74, 6) is -0.236. The van der Waals surface area contributed by atoms with E-state index >= 15 is 0 Å². The van der Waals surface area contributed by atoms with Gasteiger partial charge in [0.25, 0.3) is 0 Å². The highest BCUT2D eigenvalue weighted by Gasteiger charge is 2.09. The minimum absolute atomic E-state index is 0.228. The van der Waals surface area contributed by atoms with E-state index in [2.05, 4.69) is 9.72 Å². The number of hydrogen-bond acceptors (Lipinski definition) is 5. The Morgan fingerprint density at radius 2 is 2.25 bits per heavy atom. The SMILES string of the molecule is COC(=O)c1cnc(N)cc1N. The van der Waals surface area contributed by atoms with Crippen molar-refractivity contribution in [3.05, 3.63) is 17.8 Å². The van der Waals surface area contributed by atoms with Gasteiger partial charge in [0.15, 0.2) is 0 Å². The van der Waals surface area contributed by atoms with Crippen molar-refractivity contribution in [3.8, 4) is 0 Å². The summed E-state index contributed by atoms with van der Waals surface area (Å²) < 4.78 is 4.46. The van der Waals surface area contributed by atoms with Crippen molar-refractivity contribution >= 4 is 17.5 Å². The fraction of sp³-hybridized carbons (Fsp3) is 0.143. The second kappa shape index (κ2) is 3.08. The Morgan fingerprint density at radius 1 is 1.58 bits per heavy atom. The molecule has 0 atom stereocenters. The Kier molecular flexibility index (Phi) is 2.14. The molecule has 0 bridgehead atoms. The maximum absolute atomic E-state index is 11.0. The van der Waals surface area contributed by atoms with Crippen molar-refractivity contribution in [3.63, 3.8) is 0 Å². The van der Waals surface area contributed by atoms with Gasteiger partial charge in [-0.3, -0.25) is 0 Å². The first-order chi connectivity index (χ1) is 5.65. The molecular weight excluding hydrogens is 158 g/mol. The summed E-state index contributed by atoms with van der Waals surface area (Å²) in [7, 11) is 1.28. The van der Waals surface area contributed by atoms with Crippen LogP contribution in [0.15, 0.2) is 12.3 Å². The van der Waals surface area contributed by atoms with Crippen LogP contribution in [0, 0.1) is 0 Å². The van der Waals surface area contributed by atoms with E-state index in [1.54, 1.807) is 0 Å². The quantitative estimate of drug-likeness (QED) is 0.576. The van der Waals surface area contributed by atoms with E-state index in [9.17, 15) is 4.79 Å². The van der Waals surface area contributed by atoms with Crippen molar-refractivity contribution in [2.24, 2.45) is 0 Å². The van der Waals surface area contributed by atoms with Gasteiger partial charge in [-0.1, -0.05) is 0 Å². The second-order valence-corrected chi connectivity index (χ2v) is 2.19. The Morgan fingerprint density at radius 3 is 2.75 bits per heavy atom. The van der Waals surface area contributed by atoms with Gasteiger partial charge in [-0.2, -0.15) is 0 Å². The highest BCUT2D eigenvalue weighted by atomic mass is 16.5. The Bertz CT molecular complexity index is 312. The third kappa shape index (κ3) is 1.45. The molecule has 1 aromatic heterocycles. The molecule has 0 spiro atoms. The van der Waals surface area contributed by atoms with Crippen molar-refractivity contribution in [1.82, 2.24) is 4.98 Å². The molecule has 0 aliphatic rings. The molecule has 64 valence electrons. The molecule has 5 nitrogen and oxygen atoms in total. The first-order valence-corrected chi connectivity index (χ1v) is 3.24. The van der Waals surface area contributed by atoms with E-state index < -0.39 is 5.97 Å². The molecule has 0 amide bonds. The highest BCUT2D eigenvalue weighted by molar-refractivity contribution is 5.94. The molecule has 0 unspecified atom stereocenters. The van der Waals surface area contributed by atoms with Crippen molar-refractivity contribution in [2.75, 3.05) is 18.6 Å². The van der Waals surface area contributed by atoms with Gasteiger partial charge in [0.2, 0.25) is 0 Å². The molecule has 5 heteroatoms. The van der Waals surface area contributed by atoms with Gasteiger partial charge in [-0.15, -0.1) is 0 Å². The van der Waals surface area contributed by atoms with Crippen LogP contribution in [0.1, 0.15) is 10.4 Å². The summed E-state index contributed by atoms with van der Waals surface area (Å²) in [6.45, 7) is 0. The smallest absolute Gasteiger partial charge is 0.341 e. The van der Waals surface area contributed by atoms with Crippen molar-refractivity contribution in [2.45, 2.75) is 0 Å². The van der Waals surface area contributed by atoms with Crippen LogP contribution in [0.5, 0.6) is 0 Å². The number of hydrogen-bond donors (Lipinski definition) is 2. The molecule has 0 fully saturated rings. The summed E-state index contributed by atoms with van der Waals surface area (Å²) in [5, 5.41) is 0. The zero-order valence-corrected chi connectivity index (χ0v) is 6.57. The number of ether oxygens (including phenoxy) is 1. The van der Waals surface area contributed by atoms with E-state index in [-0.39, 0.29) is 17.1 Å². The van der Waals surface area contributed by atoms with E-state index in [1.807, 2.05) is 0 Å². The molecule has 1 rings (SSSR count). The Labute approximate surface area is 69.3 Å². The first kappa shape index (κ1) is 8.32. The number of aromatic nitrogens is 1. The van der Waals surface area contributed by atoms with Gasteiger partial charge in [0, 0.05) is 12.3 Å². The summed E-state index contributed by atoms with van der Waals surface area (Å²) in [5.41, 5.74) is 11.3. The number of nitrogens with two attached hydrogens (primary N) is 2. The molecule has 0 aromatic carbocycles. The van der Waals surface area contributed by atoms with Crippen LogP contribution < -0.4 is 11.5 Å². The molecule has 1 heterocycles. The van der Waals surface area contributed by atoms with E-state index in [0.717, 1.165) is 0 Å². The first-order valence-electron chi connectivity index (χ1n) is 3.24. The minimum atomic E-state index is -0.514. The number of rotatable bonds is 1. The predicted molar refractivity (Wildman–Crippen MR) is 44.4 cm³/mol. The van der Waals surface area contributed by atoms with Gasteiger partial charge in [-0.05, 0) is 0 Å². The van der Waals surface area contributed by atoms with Gasteiger partial charge >= 0.3 is 5.97 Å². The second-order valence-electron chi connectivity index (χ2n) is 2.19. The van der Waals surface area contributed by atoms with Crippen LogP contribution in [0.2, 0.25) is 0 Å². The van der Waals surface area contributed by atoms with Gasteiger partial charge < -0.3 is 16.2 Å². The van der Waals surface area contributed by atoms with Crippen LogP contribution >= 0.6 is 0 Å². The van der Waals surface area contributed by atoms with Gasteiger partial charge in [0.05, 0.1) is 12.8 Å².